The van der Waals surface area contributed by atoms with E-state index in [1.807, 2.05) is 31.2 Å². The van der Waals surface area contributed by atoms with E-state index in [1.165, 1.54) is 39.5 Å². The molecular weight excluding hydrogens is 341 g/mol. The number of amides is 1. The van der Waals surface area contributed by atoms with E-state index in [-0.39, 0.29) is 11.9 Å². The second-order valence-electron chi connectivity index (χ2n) is 7.53. The number of hydrogen-bond acceptors (Lipinski definition) is 5. The molecule has 1 aromatic carbocycles. The van der Waals surface area contributed by atoms with Crippen molar-refractivity contribution in [3.8, 4) is 11.3 Å². The molecule has 0 unspecified atom stereocenters. The van der Waals surface area contributed by atoms with Gasteiger partial charge in [-0.25, -0.2) is 4.98 Å². The minimum absolute atomic E-state index is 0.0829. The molecule has 2 aromatic rings. The summed E-state index contributed by atoms with van der Waals surface area (Å²) in [5.41, 5.74) is 2.47. The maximum Gasteiger partial charge on any atom is 0.291 e. The Labute approximate surface area is 159 Å². The number of aromatic nitrogens is 1. The predicted molar refractivity (Wildman–Crippen MR) is 104 cm³/mol. The zero-order chi connectivity index (χ0) is 18.8. The largest absolute Gasteiger partial charge is 0.443 e. The lowest BCUT2D eigenvalue weighted by atomic mass is 9.84. The van der Waals surface area contributed by atoms with E-state index in [1.54, 1.807) is 0 Å². The summed E-state index contributed by atoms with van der Waals surface area (Å²) < 4.78 is 5.41. The van der Waals surface area contributed by atoms with Gasteiger partial charge in [0.05, 0.1) is 17.9 Å². The predicted octanol–water partition coefficient (Wildman–Crippen LogP) is 2.79. The molecule has 2 fully saturated rings. The van der Waals surface area contributed by atoms with Crippen LogP contribution in [0.15, 0.2) is 35.1 Å². The van der Waals surface area contributed by atoms with Crippen molar-refractivity contribution in [2.45, 2.75) is 38.6 Å². The molecule has 2 saturated carbocycles. The Kier molecular flexibility index (Phi) is 5.12. The Morgan fingerprint density at radius 3 is 2.41 bits per heavy atom. The lowest BCUT2D eigenvalue weighted by Gasteiger charge is -2.27. The SMILES string of the molecule is Cc1ncoc1-c1ccc(NC(=O)[C@@H](N[B]C=O)C(C2CC2)C2CC2)cc1. The highest BCUT2D eigenvalue weighted by atomic mass is 16.3. The van der Waals surface area contributed by atoms with Gasteiger partial charge in [-0.15, -0.1) is 0 Å². The van der Waals surface area contributed by atoms with Gasteiger partial charge in [-0.1, -0.05) is 0 Å². The van der Waals surface area contributed by atoms with Crippen molar-refractivity contribution < 1.29 is 14.0 Å². The van der Waals surface area contributed by atoms with Crippen molar-refractivity contribution in [1.82, 2.24) is 10.2 Å². The van der Waals surface area contributed by atoms with Crippen LogP contribution in [-0.2, 0) is 9.59 Å². The van der Waals surface area contributed by atoms with E-state index in [4.69, 9.17) is 4.42 Å². The fraction of sp³-hybridized carbons (Fsp3) is 0.450. The first kappa shape index (κ1) is 18.0. The third-order valence-corrected chi connectivity index (χ3v) is 5.50. The van der Waals surface area contributed by atoms with E-state index in [0.717, 1.165) is 22.7 Å². The van der Waals surface area contributed by atoms with Gasteiger partial charge in [0.1, 0.15) is 0 Å². The Morgan fingerprint density at radius 2 is 1.89 bits per heavy atom. The lowest BCUT2D eigenvalue weighted by molar-refractivity contribution is -0.119. The van der Waals surface area contributed by atoms with E-state index in [9.17, 15) is 9.59 Å². The van der Waals surface area contributed by atoms with Crippen LogP contribution in [-0.4, -0.2) is 30.5 Å². The molecule has 7 heteroatoms. The third-order valence-electron chi connectivity index (χ3n) is 5.50. The van der Waals surface area contributed by atoms with E-state index in [2.05, 4.69) is 15.5 Å². The molecule has 0 spiro atoms. The summed E-state index contributed by atoms with van der Waals surface area (Å²) in [4.78, 5) is 27.9. The maximum absolute atomic E-state index is 13.0. The van der Waals surface area contributed by atoms with Crippen LogP contribution in [0.25, 0.3) is 11.3 Å². The van der Waals surface area contributed by atoms with Gasteiger partial charge in [0, 0.05) is 11.3 Å². The number of oxazole rings is 1. The second-order valence-corrected chi connectivity index (χ2v) is 7.53. The summed E-state index contributed by atoms with van der Waals surface area (Å²) in [5, 5.41) is 6.05. The van der Waals surface area contributed by atoms with Crippen molar-refractivity contribution in [3.05, 3.63) is 36.4 Å². The second kappa shape index (κ2) is 7.68. The minimum Gasteiger partial charge on any atom is -0.443 e. The smallest absolute Gasteiger partial charge is 0.291 e. The van der Waals surface area contributed by atoms with Gasteiger partial charge in [0.2, 0.25) is 5.91 Å². The summed E-state index contributed by atoms with van der Waals surface area (Å²) >= 11 is 0. The number of nitrogens with one attached hydrogen (secondary N) is 2. The molecule has 2 aliphatic carbocycles. The van der Waals surface area contributed by atoms with Crippen LogP contribution in [0.5, 0.6) is 0 Å². The molecule has 0 aliphatic heterocycles. The van der Waals surface area contributed by atoms with Gasteiger partial charge in [-0.3, -0.25) is 4.79 Å². The lowest BCUT2D eigenvalue weighted by Crippen LogP contribution is -2.49. The zero-order valence-electron chi connectivity index (χ0n) is 15.4. The molecule has 2 aliphatic rings. The first-order chi connectivity index (χ1) is 13.2. The Hall–Kier alpha value is -2.41. The summed E-state index contributed by atoms with van der Waals surface area (Å²) in [7, 11) is 1.35. The van der Waals surface area contributed by atoms with Crippen molar-refractivity contribution in [2.24, 2.45) is 17.8 Å². The first-order valence-corrected chi connectivity index (χ1v) is 9.52. The number of aryl methyl sites for hydroxylation is 1. The van der Waals surface area contributed by atoms with Crippen LogP contribution < -0.4 is 10.5 Å². The quantitative estimate of drug-likeness (QED) is 0.528. The summed E-state index contributed by atoms with van der Waals surface area (Å²) in [6, 6.07) is 7.16. The van der Waals surface area contributed by atoms with Crippen LogP contribution in [0, 0.1) is 24.7 Å². The zero-order valence-corrected chi connectivity index (χ0v) is 15.4. The average molecular weight is 364 g/mol. The van der Waals surface area contributed by atoms with Gasteiger partial charge in [0.25, 0.3) is 7.41 Å². The van der Waals surface area contributed by atoms with Gasteiger partial charge >= 0.3 is 0 Å². The van der Waals surface area contributed by atoms with Crippen molar-refractivity contribution in [3.63, 3.8) is 0 Å². The molecule has 1 aromatic heterocycles. The molecule has 2 N–H and O–H groups in total. The highest BCUT2D eigenvalue weighted by Gasteiger charge is 2.47. The van der Waals surface area contributed by atoms with Crippen molar-refractivity contribution >= 4 is 25.2 Å². The van der Waals surface area contributed by atoms with Crippen LogP contribution in [0.1, 0.15) is 31.4 Å². The topological polar surface area (TPSA) is 84.2 Å². The highest BCUT2D eigenvalue weighted by molar-refractivity contribution is 6.64. The van der Waals surface area contributed by atoms with Crippen LogP contribution in [0.4, 0.5) is 5.69 Å². The van der Waals surface area contributed by atoms with Crippen molar-refractivity contribution in [1.29, 1.82) is 0 Å². The third kappa shape index (κ3) is 4.13. The molecule has 27 heavy (non-hydrogen) atoms. The van der Waals surface area contributed by atoms with Gasteiger partial charge in [-0.2, -0.15) is 0 Å². The fourth-order valence-corrected chi connectivity index (χ4v) is 3.90. The minimum atomic E-state index is -0.369. The number of hydrogen-bond donors (Lipinski definition) is 2. The van der Waals surface area contributed by atoms with Crippen molar-refractivity contribution in [2.75, 3.05) is 5.32 Å². The highest BCUT2D eigenvalue weighted by Crippen LogP contribution is 2.50. The first-order valence-electron chi connectivity index (χ1n) is 9.52. The van der Waals surface area contributed by atoms with Gasteiger partial charge in [-0.05, 0) is 74.6 Å². The molecule has 139 valence electrons. The maximum atomic E-state index is 13.0. The number of rotatable bonds is 9. The van der Waals surface area contributed by atoms with Gasteiger partial charge < -0.3 is 19.8 Å². The average Bonchev–Trinajstić information content (AvgIpc) is 3.59. The normalized spacial score (nSPS) is 17.6. The summed E-state index contributed by atoms with van der Waals surface area (Å²) in [5.74, 6) is 2.14. The molecule has 4 rings (SSSR count). The van der Waals surface area contributed by atoms with Crippen LogP contribution in [0.2, 0.25) is 0 Å². The Balaban J connectivity index is 1.47. The molecule has 6 nitrogen and oxygen atoms in total. The number of carbonyl (C=O) groups excluding carboxylic acids is 2. The summed E-state index contributed by atoms with van der Waals surface area (Å²) in [6.07, 6.45) is 6.84. The Morgan fingerprint density at radius 1 is 1.22 bits per heavy atom. The monoisotopic (exact) mass is 364 g/mol. The molecule has 1 atom stereocenters. The number of carbonyl (C=O) groups is 2. The standard InChI is InChI=1S/C20H23BN3O3/c1-12-19(27-11-22-12)15-6-8-16(9-7-15)23-20(26)18(24-21-10-25)17(13-2-3-13)14-4-5-14/h6-11,13-14,17-18,24H,2-5H2,1H3,(H,23,26)/t18-/m0/s1. The fourth-order valence-electron chi connectivity index (χ4n) is 3.90. The molecule has 1 amide bonds. The number of anilines is 1. The Bertz CT molecular complexity index is 800. The van der Waals surface area contributed by atoms with E-state index >= 15 is 0 Å². The molecular formula is C20H23BN3O3. The number of benzene rings is 1. The number of nitrogens with zero attached hydrogens (tertiary/aromatic N) is 1. The van der Waals surface area contributed by atoms with E-state index in [0.29, 0.717) is 23.9 Å². The van der Waals surface area contributed by atoms with Gasteiger partial charge in [0.15, 0.2) is 12.2 Å². The van der Waals surface area contributed by atoms with Crippen LogP contribution >= 0.6 is 0 Å². The molecule has 1 radical (unpaired) electrons. The molecule has 0 saturated heterocycles. The molecule has 1 heterocycles. The van der Waals surface area contributed by atoms with Crippen LogP contribution in [0.3, 0.4) is 0 Å². The van der Waals surface area contributed by atoms with E-state index < -0.39 is 0 Å². The molecule has 0 bridgehead atoms. The summed E-state index contributed by atoms with van der Waals surface area (Å²) in [6.45, 7) is 1.89.